The van der Waals surface area contributed by atoms with Gasteiger partial charge in [0.25, 0.3) is 5.91 Å². The molecule has 1 aromatic heterocycles. The number of carbonyl (C=O) groups excluding carboxylic acids is 3. The van der Waals surface area contributed by atoms with Gasteiger partial charge in [-0.05, 0) is 51.9 Å². The van der Waals surface area contributed by atoms with Gasteiger partial charge < -0.3 is 24.8 Å². The third-order valence-electron chi connectivity index (χ3n) is 6.57. The van der Waals surface area contributed by atoms with E-state index in [9.17, 15) is 14.4 Å². The van der Waals surface area contributed by atoms with Crippen molar-refractivity contribution in [2.75, 3.05) is 26.3 Å². The third-order valence-corrected chi connectivity index (χ3v) is 6.57. The van der Waals surface area contributed by atoms with E-state index in [1.54, 1.807) is 17.9 Å². The largest absolute Gasteiger partial charge is 0.379 e. The summed E-state index contributed by atoms with van der Waals surface area (Å²) in [5, 5.41) is 9.83. The Bertz CT molecular complexity index is 829. The molecule has 1 aromatic rings. The molecule has 3 heterocycles. The van der Waals surface area contributed by atoms with Crippen LogP contribution in [0, 0.1) is 11.3 Å². The zero-order valence-corrected chi connectivity index (χ0v) is 20.3. The van der Waals surface area contributed by atoms with E-state index in [0.29, 0.717) is 51.5 Å². The van der Waals surface area contributed by atoms with Crippen LogP contribution in [0.5, 0.6) is 0 Å². The molecule has 2 atom stereocenters. The number of piperidine rings is 1. The van der Waals surface area contributed by atoms with Crippen LogP contribution in [-0.4, -0.2) is 66.2 Å². The van der Waals surface area contributed by atoms with Crippen molar-refractivity contribution in [1.82, 2.24) is 20.7 Å². The standard InChI is InChI=1S/C24H38N4O5/c1-16(2)13-19-14-20(33-27-19)22(30)28-10-8-24(9-11-28)7-5-6-12-32-15-17(3)25-21(29)18(4)26-23(24)31/h14,16-18H,5-13,15H2,1-4H3,(H,25,29)(H,26,31)/t17-,18-/m0/s1. The van der Waals surface area contributed by atoms with Crippen LogP contribution in [0.15, 0.2) is 10.6 Å². The molecule has 3 amide bonds. The van der Waals surface area contributed by atoms with E-state index < -0.39 is 11.5 Å². The number of hydrogen-bond acceptors (Lipinski definition) is 6. The van der Waals surface area contributed by atoms with E-state index in [4.69, 9.17) is 9.26 Å². The maximum absolute atomic E-state index is 13.3. The fraction of sp³-hybridized carbons (Fsp3) is 0.750. The lowest BCUT2D eigenvalue weighted by molar-refractivity contribution is -0.137. The summed E-state index contributed by atoms with van der Waals surface area (Å²) in [6.45, 7) is 9.74. The Morgan fingerprint density at radius 3 is 2.61 bits per heavy atom. The van der Waals surface area contributed by atoms with Gasteiger partial charge in [-0.25, -0.2) is 0 Å². The second kappa shape index (κ2) is 11.1. The maximum Gasteiger partial charge on any atom is 0.292 e. The second-order valence-electron chi connectivity index (χ2n) is 9.99. The molecule has 2 aliphatic heterocycles. The second-order valence-corrected chi connectivity index (χ2v) is 9.99. The van der Waals surface area contributed by atoms with Crippen molar-refractivity contribution in [3.05, 3.63) is 17.5 Å². The summed E-state index contributed by atoms with van der Waals surface area (Å²) in [6.07, 6.45) is 4.26. The topological polar surface area (TPSA) is 114 Å². The number of ether oxygens (including phenoxy) is 1. The van der Waals surface area contributed by atoms with Gasteiger partial charge in [-0.1, -0.05) is 25.4 Å². The summed E-state index contributed by atoms with van der Waals surface area (Å²) >= 11 is 0. The first-order valence-electron chi connectivity index (χ1n) is 12.1. The molecule has 0 aromatic carbocycles. The summed E-state index contributed by atoms with van der Waals surface area (Å²) in [5.74, 6) is 0.160. The Morgan fingerprint density at radius 2 is 1.91 bits per heavy atom. The van der Waals surface area contributed by atoms with E-state index in [1.807, 2.05) is 6.92 Å². The van der Waals surface area contributed by atoms with Gasteiger partial charge in [-0.2, -0.15) is 0 Å². The molecular formula is C24H38N4O5. The molecule has 1 spiro atoms. The van der Waals surface area contributed by atoms with Crippen molar-refractivity contribution >= 4 is 17.7 Å². The van der Waals surface area contributed by atoms with E-state index >= 15 is 0 Å². The van der Waals surface area contributed by atoms with Crippen LogP contribution < -0.4 is 10.6 Å². The summed E-state index contributed by atoms with van der Waals surface area (Å²) in [6, 6.07) is 0.975. The summed E-state index contributed by atoms with van der Waals surface area (Å²) < 4.78 is 11.0. The third kappa shape index (κ3) is 6.56. The number of hydrogen-bond donors (Lipinski definition) is 2. The molecule has 0 bridgehead atoms. The fourth-order valence-electron chi connectivity index (χ4n) is 4.56. The average Bonchev–Trinajstić information content (AvgIpc) is 3.23. The fourth-order valence-corrected chi connectivity index (χ4v) is 4.56. The minimum Gasteiger partial charge on any atom is -0.379 e. The molecule has 0 saturated carbocycles. The summed E-state index contributed by atoms with van der Waals surface area (Å²) in [5.41, 5.74) is 0.176. The van der Waals surface area contributed by atoms with Gasteiger partial charge in [0, 0.05) is 31.8 Å². The molecule has 2 aliphatic rings. The molecule has 3 rings (SSSR count). The molecular weight excluding hydrogens is 424 g/mol. The molecule has 0 aliphatic carbocycles. The van der Waals surface area contributed by atoms with Crippen molar-refractivity contribution in [3.63, 3.8) is 0 Å². The summed E-state index contributed by atoms with van der Waals surface area (Å²) in [7, 11) is 0. The van der Waals surface area contributed by atoms with Gasteiger partial charge >= 0.3 is 0 Å². The molecule has 9 heteroatoms. The smallest absolute Gasteiger partial charge is 0.292 e. The van der Waals surface area contributed by atoms with Gasteiger partial charge in [0.2, 0.25) is 17.6 Å². The molecule has 2 saturated heterocycles. The van der Waals surface area contributed by atoms with Crippen molar-refractivity contribution in [3.8, 4) is 0 Å². The Hall–Kier alpha value is -2.42. The predicted octanol–water partition coefficient (Wildman–Crippen LogP) is 2.31. The lowest BCUT2D eigenvalue weighted by Gasteiger charge is -2.41. The van der Waals surface area contributed by atoms with Gasteiger partial charge in [0.1, 0.15) is 6.04 Å². The number of carbonyl (C=O) groups is 3. The van der Waals surface area contributed by atoms with Crippen LogP contribution in [0.1, 0.15) is 76.0 Å². The molecule has 9 nitrogen and oxygen atoms in total. The first-order chi connectivity index (χ1) is 15.7. The van der Waals surface area contributed by atoms with Gasteiger partial charge in [0.15, 0.2) is 0 Å². The zero-order valence-electron chi connectivity index (χ0n) is 20.3. The first kappa shape index (κ1) is 25.2. The minimum atomic E-state index is -0.634. The highest BCUT2D eigenvalue weighted by molar-refractivity contribution is 5.92. The highest BCUT2D eigenvalue weighted by Gasteiger charge is 2.43. The minimum absolute atomic E-state index is 0.107. The van der Waals surface area contributed by atoms with E-state index in [2.05, 4.69) is 29.6 Å². The number of rotatable bonds is 3. The van der Waals surface area contributed by atoms with Crippen molar-refractivity contribution in [2.24, 2.45) is 11.3 Å². The van der Waals surface area contributed by atoms with Gasteiger partial charge in [-0.15, -0.1) is 0 Å². The van der Waals surface area contributed by atoms with Crippen molar-refractivity contribution < 1.29 is 23.6 Å². The normalized spacial score (nSPS) is 25.1. The van der Waals surface area contributed by atoms with Gasteiger partial charge in [-0.3, -0.25) is 14.4 Å². The molecule has 184 valence electrons. The Labute approximate surface area is 196 Å². The van der Waals surface area contributed by atoms with E-state index in [-0.39, 0.29) is 29.5 Å². The number of nitrogens with zero attached hydrogens (tertiary/aromatic N) is 2. The Kier molecular flexibility index (Phi) is 8.51. The monoisotopic (exact) mass is 462 g/mol. The van der Waals surface area contributed by atoms with Crippen molar-refractivity contribution in [2.45, 2.75) is 78.3 Å². The molecule has 33 heavy (non-hydrogen) atoms. The number of nitrogens with one attached hydrogen (secondary N) is 2. The summed E-state index contributed by atoms with van der Waals surface area (Å²) in [4.78, 5) is 40.5. The first-order valence-corrected chi connectivity index (χ1v) is 12.1. The van der Waals surface area contributed by atoms with Crippen LogP contribution in [0.3, 0.4) is 0 Å². The van der Waals surface area contributed by atoms with Crippen LogP contribution in [0.25, 0.3) is 0 Å². The number of aromatic nitrogens is 1. The molecule has 2 fully saturated rings. The maximum atomic E-state index is 13.3. The quantitative estimate of drug-likeness (QED) is 0.713. The molecule has 0 unspecified atom stereocenters. The Morgan fingerprint density at radius 1 is 1.18 bits per heavy atom. The highest BCUT2D eigenvalue weighted by atomic mass is 16.5. The van der Waals surface area contributed by atoms with E-state index in [1.165, 1.54) is 0 Å². The number of likely N-dealkylation sites (tertiary alicyclic amines) is 1. The van der Waals surface area contributed by atoms with Crippen LogP contribution >= 0.6 is 0 Å². The van der Waals surface area contributed by atoms with Crippen LogP contribution in [-0.2, 0) is 20.7 Å². The molecule has 2 N–H and O–H groups in total. The predicted molar refractivity (Wildman–Crippen MR) is 122 cm³/mol. The number of amides is 3. The lowest BCUT2D eigenvalue weighted by Crippen LogP contribution is -2.55. The van der Waals surface area contributed by atoms with Crippen LogP contribution in [0.4, 0.5) is 0 Å². The SMILES string of the molecule is CC(C)Cc1cc(C(=O)N2CCC3(CCCCOC[C@H](C)NC(=O)[C@H](C)NC3=O)CC2)on1. The van der Waals surface area contributed by atoms with E-state index in [0.717, 1.165) is 25.0 Å². The van der Waals surface area contributed by atoms with Crippen molar-refractivity contribution in [1.29, 1.82) is 0 Å². The average molecular weight is 463 g/mol. The zero-order chi connectivity index (χ0) is 24.0. The van der Waals surface area contributed by atoms with Crippen LogP contribution in [0.2, 0.25) is 0 Å². The Balaban J connectivity index is 1.66. The molecule has 0 radical (unpaired) electrons. The van der Waals surface area contributed by atoms with Gasteiger partial charge in [0.05, 0.1) is 17.7 Å². The lowest BCUT2D eigenvalue weighted by atomic mass is 9.73. The highest BCUT2D eigenvalue weighted by Crippen LogP contribution is 2.37.